The molecule has 0 rings (SSSR count). The van der Waals surface area contributed by atoms with Gasteiger partial charge in [-0.05, 0) is 0 Å². The summed E-state index contributed by atoms with van der Waals surface area (Å²) in [5.41, 5.74) is 0. The van der Waals surface area contributed by atoms with E-state index in [4.69, 9.17) is 0 Å². The van der Waals surface area contributed by atoms with Gasteiger partial charge in [0.05, 0.1) is 11.8 Å². The molecule has 0 saturated carbocycles. The van der Waals surface area contributed by atoms with Gasteiger partial charge in [-0.2, -0.15) is 25.3 Å². The first-order chi connectivity index (χ1) is 3.81. The molecule has 0 fully saturated rings. The van der Waals surface area contributed by atoms with Crippen molar-refractivity contribution in [3.8, 4) is 0 Å². The van der Waals surface area contributed by atoms with Crippen molar-refractivity contribution in [2.45, 2.75) is 0 Å². The number of thiol groups is 2. The van der Waals surface area contributed by atoms with Crippen LogP contribution in [0.1, 0.15) is 0 Å². The number of hydrogen-bond donors (Lipinski definition) is 4. The fourth-order valence-corrected chi connectivity index (χ4v) is 0.493. The van der Waals surface area contributed by atoms with Crippen LogP contribution in [0, 0.1) is 0 Å². The number of rotatable bonds is 2. The van der Waals surface area contributed by atoms with E-state index in [0.29, 0.717) is 11.8 Å². The average Bonchev–Trinajstić information content (AvgIpc) is 1.68. The smallest absolute Gasteiger partial charge is 0.316 e. The summed E-state index contributed by atoms with van der Waals surface area (Å²) in [5.74, 6) is 0.694. The predicted molar refractivity (Wildman–Crippen MR) is 39.4 cm³/mol. The van der Waals surface area contributed by atoms with Crippen LogP contribution in [0.4, 0.5) is 4.79 Å². The van der Waals surface area contributed by atoms with E-state index in [2.05, 4.69) is 35.9 Å². The Morgan fingerprint density at radius 2 is 1.62 bits per heavy atom. The standard InChI is InChI=1S/C3H8N2OS2/c6-3(4-1-7)5-2-8/h7-8H,1-2H2,(H2,4,5,6). The summed E-state index contributed by atoms with van der Waals surface area (Å²) < 4.78 is 0. The van der Waals surface area contributed by atoms with Crippen LogP contribution >= 0.6 is 25.3 Å². The number of carbonyl (C=O) groups is 1. The molecule has 0 atom stereocenters. The third kappa shape index (κ3) is 4.14. The van der Waals surface area contributed by atoms with E-state index in [1.54, 1.807) is 0 Å². The molecule has 3 nitrogen and oxygen atoms in total. The Hall–Kier alpha value is -0.0300. The van der Waals surface area contributed by atoms with E-state index in [-0.39, 0.29) is 6.03 Å². The minimum Gasteiger partial charge on any atom is -0.329 e. The van der Waals surface area contributed by atoms with E-state index in [0.717, 1.165) is 0 Å². The number of urea groups is 1. The molecule has 2 amide bonds. The van der Waals surface area contributed by atoms with Crippen LogP contribution in [-0.2, 0) is 0 Å². The number of carbonyl (C=O) groups excluding carboxylic acids is 1. The van der Waals surface area contributed by atoms with E-state index >= 15 is 0 Å². The Morgan fingerprint density at radius 1 is 1.25 bits per heavy atom. The van der Waals surface area contributed by atoms with Crippen LogP contribution in [0.25, 0.3) is 0 Å². The summed E-state index contributed by atoms with van der Waals surface area (Å²) in [4.78, 5) is 10.3. The first-order valence-electron chi connectivity index (χ1n) is 2.04. The van der Waals surface area contributed by atoms with E-state index in [9.17, 15) is 4.79 Å². The molecule has 0 heterocycles. The van der Waals surface area contributed by atoms with Crippen molar-refractivity contribution in [3.05, 3.63) is 0 Å². The molecule has 0 spiro atoms. The highest BCUT2D eigenvalue weighted by Gasteiger charge is 1.90. The van der Waals surface area contributed by atoms with Crippen molar-refractivity contribution in [1.82, 2.24) is 10.6 Å². The fourth-order valence-electron chi connectivity index (χ4n) is 0.206. The Bertz CT molecular complexity index is 69.7. The highest BCUT2D eigenvalue weighted by atomic mass is 32.1. The molecule has 0 aromatic heterocycles. The Labute approximate surface area is 59.0 Å². The SMILES string of the molecule is O=C(NCS)NCS. The van der Waals surface area contributed by atoms with Gasteiger partial charge in [-0.15, -0.1) is 0 Å². The average molecular weight is 152 g/mol. The van der Waals surface area contributed by atoms with Gasteiger partial charge in [0, 0.05) is 0 Å². The Kier molecular flexibility index (Phi) is 5.09. The molecule has 0 aromatic carbocycles. The van der Waals surface area contributed by atoms with Gasteiger partial charge in [0.25, 0.3) is 0 Å². The van der Waals surface area contributed by atoms with Gasteiger partial charge < -0.3 is 10.6 Å². The molecule has 0 saturated heterocycles. The van der Waals surface area contributed by atoms with Crippen LogP contribution in [0.5, 0.6) is 0 Å². The van der Waals surface area contributed by atoms with Crippen molar-refractivity contribution in [3.63, 3.8) is 0 Å². The summed E-state index contributed by atoms with van der Waals surface area (Å²) in [6, 6.07) is -0.241. The maximum atomic E-state index is 10.3. The lowest BCUT2D eigenvalue weighted by molar-refractivity contribution is 0.244. The Morgan fingerprint density at radius 3 is 1.88 bits per heavy atom. The summed E-state index contributed by atoms with van der Waals surface area (Å²) in [5, 5.41) is 4.82. The quantitative estimate of drug-likeness (QED) is 0.328. The molecule has 5 heteroatoms. The minimum absolute atomic E-state index is 0.241. The van der Waals surface area contributed by atoms with Gasteiger partial charge >= 0.3 is 6.03 Å². The minimum atomic E-state index is -0.241. The van der Waals surface area contributed by atoms with E-state index in [1.165, 1.54) is 0 Å². The molecular weight excluding hydrogens is 144 g/mol. The number of nitrogens with one attached hydrogen (secondary N) is 2. The van der Waals surface area contributed by atoms with E-state index in [1.807, 2.05) is 0 Å². The molecule has 48 valence electrons. The lowest BCUT2D eigenvalue weighted by Gasteiger charge is -1.99. The maximum Gasteiger partial charge on any atom is 0.316 e. The molecule has 0 bridgehead atoms. The van der Waals surface area contributed by atoms with Gasteiger partial charge in [0.1, 0.15) is 0 Å². The second-order valence-electron chi connectivity index (χ2n) is 0.999. The topological polar surface area (TPSA) is 41.1 Å². The molecule has 2 N–H and O–H groups in total. The third-order valence-corrected chi connectivity index (χ3v) is 0.795. The maximum absolute atomic E-state index is 10.3. The van der Waals surface area contributed by atoms with Gasteiger partial charge in [-0.25, -0.2) is 4.79 Å². The highest BCUT2D eigenvalue weighted by Crippen LogP contribution is 1.69. The van der Waals surface area contributed by atoms with Crippen molar-refractivity contribution in [2.24, 2.45) is 0 Å². The fraction of sp³-hybridized carbons (Fsp3) is 0.667. The van der Waals surface area contributed by atoms with Crippen LogP contribution in [0.15, 0.2) is 0 Å². The van der Waals surface area contributed by atoms with Crippen LogP contribution < -0.4 is 10.6 Å². The first kappa shape index (κ1) is 7.97. The van der Waals surface area contributed by atoms with Gasteiger partial charge in [-0.3, -0.25) is 0 Å². The number of hydrogen-bond acceptors (Lipinski definition) is 3. The molecule has 0 unspecified atom stereocenters. The van der Waals surface area contributed by atoms with Crippen molar-refractivity contribution < 1.29 is 4.79 Å². The lowest BCUT2D eigenvalue weighted by Crippen LogP contribution is -2.33. The largest absolute Gasteiger partial charge is 0.329 e. The normalized spacial score (nSPS) is 8.25. The Balaban J connectivity index is 3.06. The predicted octanol–water partition coefficient (Wildman–Crippen LogP) is 0.0602. The van der Waals surface area contributed by atoms with E-state index < -0.39 is 0 Å². The second-order valence-corrected chi connectivity index (χ2v) is 1.63. The molecule has 0 radical (unpaired) electrons. The molecule has 0 aliphatic rings. The van der Waals surface area contributed by atoms with Crippen LogP contribution in [0.2, 0.25) is 0 Å². The summed E-state index contributed by atoms with van der Waals surface area (Å²) in [6.45, 7) is 0. The van der Waals surface area contributed by atoms with Gasteiger partial charge in [-0.1, -0.05) is 0 Å². The van der Waals surface area contributed by atoms with Crippen molar-refractivity contribution in [2.75, 3.05) is 11.8 Å². The molecule has 0 aliphatic heterocycles. The summed E-state index contributed by atoms with van der Waals surface area (Å²) in [7, 11) is 0. The molecule has 0 aromatic rings. The highest BCUT2D eigenvalue weighted by molar-refractivity contribution is 7.80. The monoisotopic (exact) mass is 152 g/mol. The van der Waals surface area contributed by atoms with Gasteiger partial charge in [0.2, 0.25) is 0 Å². The third-order valence-electron chi connectivity index (χ3n) is 0.479. The van der Waals surface area contributed by atoms with Crippen molar-refractivity contribution >= 4 is 31.3 Å². The number of amides is 2. The zero-order chi connectivity index (χ0) is 6.41. The first-order valence-corrected chi connectivity index (χ1v) is 3.31. The summed E-state index contributed by atoms with van der Waals surface area (Å²) >= 11 is 7.51. The van der Waals surface area contributed by atoms with Crippen LogP contribution in [-0.4, -0.2) is 17.8 Å². The molecule has 0 aliphatic carbocycles. The van der Waals surface area contributed by atoms with Crippen LogP contribution in [0.3, 0.4) is 0 Å². The van der Waals surface area contributed by atoms with Gasteiger partial charge in [0.15, 0.2) is 0 Å². The second kappa shape index (κ2) is 5.11. The van der Waals surface area contributed by atoms with Crippen molar-refractivity contribution in [1.29, 1.82) is 0 Å². The zero-order valence-electron chi connectivity index (χ0n) is 4.22. The lowest BCUT2D eigenvalue weighted by atomic mass is 10.9. The zero-order valence-corrected chi connectivity index (χ0v) is 6.01. The molecular formula is C3H8N2OS2. The molecule has 8 heavy (non-hydrogen) atoms. The summed E-state index contributed by atoms with van der Waals surface area (Å²) in [6.07, 6.45) is 0.